The molecule has 0 spiro atoms. The normalized spacial score (nSPS) is 24.9. The fourth-order valence-electron chi connectivity index (χ4n) is 2.25. The zero-order valence-electron chi connectivity index (χ0n) is 10.3. The van der Waals surface area contributed by atoms with Gasteiger partial charge in [0.15, 0.2) is 0 Å². The van der Waals surface area contributed by atoms with Gasteiger partial charge in [-0.05, 0) is 13.8 Å². The van der Waals surface area contributed by atoms with Gasteiger partial charge in [-0.3, -0.25) is 9.48 Å². The lowest BCUT2D eigenvalue weighted by Crippen LogP contribution is -2.55. The van der Waals surface area contributed by atoms with Gasteiger partial charge in [0.2, 0.25) is 5.91 Å². The Kier molecular flexibility index (Phi) is 3.73. The Morgan fingerprint density at radius 3 is 2.71 bits per heavy atom. The first-order chi connectivity index (χ1) is 8.15. The summed E-state index contributed by atoms with van der Waals surface area (Å²) >= 11 is 0. The highest BCUT2D eigenvalue weighted by Gasteiger charge is 2.24. The number of carbonyl (C=O) groups is 1. The molecule has 2 heterocycles. The van der Waals surface area contributed by atoms with Crippen LogP contribution < -0.4 is 5.32 Å². The third-order valence-electron chi connectivity index (χ3n) is 2.94. The minimum Gasteiger partial charge on any atom is -0.340 e. The lowest BCUT2D eigenvalue weighted by Gasteiger charge is -2.36. The molecule has 0 saturated carbocycles. The molecule has 2 atom stereocenters. The number of rotatable bonds is 3. The summed E-state index contributed by atoms with van der Waals surface area (Å²) in [5.74, 6) is 0.195. The van der Waals surface area contributed by atoms with E-state index in [-0.39, 0.29) is 5.91 Å². The van der Waals surface area contributed by atoms with Crippen LogP contribution in [0.25, 0.3) is 0 Å². The summed E-state index contributed by atoms with van der Waals surface area (Å²) in [4.78, 5) is 14.0. The van der Waals surface area contributed by atoms with Gasteiger partial charge in [-0.15, -0.1) is 5.10 Å². The molecule has 0 radical (unpaired) electrons. The summed E-state index contributed by atoms with van der Waals surface area (Å²) in [5.41, 5.74) is 0. The smallest absolute Gasteiger partial charge is 0.224 e. The van der Waals surface area contributed by atoms with Gasteiger partial charge in [-0.2, -0.15) is 0 Å². The van der Waals surface area contributed by atoms with Crippen molar-refractivity contribution in [2.75, 3.05) is 13.1 Å². The van der Waals surface area contributed by atoms with Gasteiger partial charge in [0.05, 0.1) is 12.7 Å². The summed E-state index contributed by atoms with van der Waals surface area (Å²) < 4.78 is 1.69. The summed E-state index contributed by atoms with van der Waals surface area (Å²) in [6.07, 6.45) is 3.89. The number of hydrogen-bond donors (Lipinski definition) is 1. The maximum absolute atomic E-state index is 12.0. The first-order valence-corrected chi connectivity index (χ1v) is 6.03. The Bertz CT molecular complexity index is 354. The molecule has 94 valence electrons. The molecule has 1 saturated heterocycles. The quantitative estimate of drug-likeness (QED) is 0.796. The van der Waals surface area contributed by atoms with E-state index in [0.717, 1.165) is 13.1 Å². The van der Waals surface area contributed by atoms with Gasteiger partial charge in [0, 0.05) is 37.8 Å². The summed E-state index contributed by atoms with van der Waals surface area (Å²) in [6, 6.07) is 0.739. The minimum absolute atomic E-state index is 0.195. The molecule has 0 bridgehead atoms. The van der Waals surface area contributed by atoms with Crippen molar-refractivity contribution in [1.29, 1.82) is 0 Å². The van der Waals surface area contributed by atoms with Crippen LogP contribution in [0.1, 0.15) is 20.3 Å². The average Bonchev–Trinajstić information content (AvgIpc) is 2.77. The van der Waals surface area contributed by atoms with Gasteiger partial charge < -0.3 is 10.2 Å². The molecule has 1 fully saturated rings. The molecule has 6 heteroatoms. The second-order valence-electron chi connectivity index (χ2n) is 4.68. The van der Waals surface area contributed by atoms with E-state index in [2.05, 4.69) is 29.5 Å². The number of amides is 1. The van der Waals surface area contributed by atoms with Crippen molar-refractivity contribution in [1.82, 2.24) is 25.2 Å². The summed E-state index contributed by atoms with van der Waals surface area (Å²) in [7, 11) is 0. The average molecular weight is 237 g/mol. The number of carbonyl (C=O) groups excluding carboxylic acids is 1. The van der Waals surface area contributed by atoms with Gasteiger partial charge in [0.25, 0.3) is 0 Å². The van der Waals surface area contributed by atoms with Crippen molar-refractivity contribution in [3.63, 3.8) is 0 Å². The van der Waals surface area contributed by atoms with Crippen molar-refractivity contribution in [3.8, 4) is 0 Å². The highest BCUT2D eigenvalue weighted by atomic mass is 16.2. The van der Waals surface area contributed by atoms with Crippen LogP contribution in [0, 0.1) is 0 Å². The van der Waals surface area contributed by atoms with E-state index < -0.39 is 0 Å². The Morgan fingerprint density at radius 2 is 2.12 bits per heavy atom. The molecule has 0 aromatic carbocycles. The third-order valence-corrected chi connectivity index (χ3v) is 2.94. The van der Waals surface area contributed by atoms with Crippen molar-refractivity contribution >= 4 is 5.91 Å². The number of aryl methyl sites for hydroxylation is 1. The molecule has 1 amide bonds. The predicted octanol–water partition coefficient (Wildman–Crippen LogP) is -0.123. The van der Waals surface area contributed by atoms with Crippen LogP contribution in [-0.4, -0.2) is 51.0 Å². The van der Waals surface area contributed by atoms with Crippen LogP contribution in [0.5, 0.6) is 0 Å². The maximum Gasteiger partial charge on any atom is 0.224 e. The molecule has 1 aromatic rings. The number of hydrogen-bond acceptors (Lipinski definition) is 4. The number of piperazine rings is 1. The predicted molar refractivity (Wildman–Crippen MR) is 63.3 cm³/mol. The van der Waals surface area contributed by atoms with Gasteiger partial charge in [-0.1, -0.05) is 5.21 Å². The highest BCUT2D eigenvalue weighted by Crippen LogP contribution is 2.06. The van der Waals surface area contributed by atoms with Gasteiger partial charge >= 0.3 is 0 Å². The second-order valence-corrected chi connectivity index (χ2v) is 4.68. The van der Waals surface area contributed by atoms with E-state index in [9.17, 15) is 4.79 Å². The minimum atomic E-state index is 0.195. The summed E-state index contributed by atoms with van der Waals surface area (Å²) in [6.45, 7) is 6.40. The Labute approximate surface area is 101 Å². The molecular weight excluding hydrogens is 218 g/mol. The number of nitrogens with one attached hydrogen (secondary N) is 1. The zero-order valence-corrected chi connectivity index (χ0v) is 10.3. The Morgan fingerprint density at radius 1 is 1.41 bits per heavy atom. The molecule has 2 rings (SSSR count). The fraction of sp³-hybridized carbons (Fsp3) is 0.727. The monoisotopic (exact) mass is 237 g/mol. The van der Waals surface area contributed by atoms with E-state index in [4.69, 9.17) is 0 Å². The van der Waals surface area contributed by atoms with Crippen molar-refractivity contribution in [2.24, 2.45) is 0 Å². The SMILES string of the molecule is CC1CN(C(=O)CCn2ccnn2)CC(C)N1. The molecule has 2 unspecified atom stereocenters. The largest absolute Gasteiger partial charge is 0.340 e. The molecule has 1 aromatic heterocycles. The molecule has 0 aliphatic carbocycles. The van der Waals surface area contributed by atoms with Crippen LogP contribution in [0.3, 0.4) is 0 Å². The first kappa shape index (κ1) is 12.0. The van der Waals surface area contributed by atoms with Crippen LogP contribution >= 0.6 is 0 Å². The van der Waals surface area contributed by atoms with E-state index in [0.29, 0.717) is 25.0 Å². The van der Waals surface area contributed by atoms with Crippen LogP contribution in [0.15, 0.2) is 12.4 Å². The van der Waals surface area contributed by atoms with Crippen LogP contribution in [0.2, 0.25) is 0 Å². The lowest BCUT2D eigenvalue weighted by atomic mass is 10.1. The Hall–Kier alpha value is -1.43. The Balaban J connectivity index is 1.83. The van der Waals surface area contributed by atoms with Gasteiger partial charge in [0.1, 0.15) is 0 Å². The fourth-order valence-corrected chi connectivity index (χ4v) is 2.25. The van der Waals surface area contributed by atoms with E-state index >= 15 is 0 Å². The molecule has 1 aliphatic heterocycles. The van der Waals surface area contributed by atoms with Crippen LogP contribution in [0.4, 0.5) is 0 Å². The molecule has 6 nitrogen and oxygen atoms in total. The van der Waals surface area contributed by atoms with Crippen molar-refractivity contribution in [2.45, 2.75) is 38.9 Å². The standard InChI is InChI=1S/C11H19N5O/c1-9-7-15(8-10(2)13-9)11(17)3-5-16-6-4-12-14-16/h4,6,9-10,13H,3,5,7-8H2,1-2H3. The molecule has 1 N–H and O–H groups in total. The van der Waals surface area contributed by atoms with E-state index in [1.165, 1.54) is 0 Å². The topological polar surface area (TPSA) is 63.1 Å². The molecule has 17 heavy (non-hydrogen) atoms. The van der Waals surface area contributed by atoms with E-state index in [1.807, 2.05) is 4.90 Å². The highest BCUT2D eigenvalue weighted by molar-refractivity contribution is 5.76. The summed E-state index contributed by atoms with van der Waals surface area (Å²) in [5, 5.41) is 11.0. The molecule has 1 aliphatic rings. The van der Waals surface area contributed by atoms with Gasteiger partial charge in [-0.25, -0.2) is 0 Å². The third kappa shape index (κ3) is 3.26. The zero-order chi connectivity index (χ0) is 12.3. The van der Waals surface area contributed by atoms with Crippen molar-refractivity contribution in [3.05, 3.63) is 12.4 Å². The number of nitrogens with zero attached hydrogens (tertiary/aromatic N) is 4. The first-order valence-electron chi connectivity index (χ1n) is 6.03. The second kappa shape index (κ2) is 5.27. The maximum atomic E-state index is 12.0. The molecular formula is C11H19N5O. The number of aromatic nitrogens is 3. The van der Waals surface area contributed by atoms with Crippen molar-refractivity contribution < 1.29 is 4.79 Å². The van der Waals surface area contributed by atoms with Crippen LogP contribution in [-0.2, 0) is 11.3 Å². The lowest BCUT2D eigenvalue weighted by molar-refractivity contribution is -0.133. The van der Waals surface area contributed by atoms with E-state index in [1.54, 1.807) is 17.1 Å².